The first-order valence-corrected chi connectivity index (χ1v) is 5.89. The summed E-state index contributed by atoms with van der Waals surface area (Å²) in [4.78, 5) is 25.0. The van der Waals surface area contributed by atoms with E-state index in [9.17, 15) is 20.2 Å². The van der Waals surface area contributed by atoms with Crippen molar-refractivity contribution in [2.24, 2.45) is 0 Å². The Bertz CT molecular complexity index is 699. The number of nitro benzene ring substituents is 2. The normalized spacial score (nSPS) is 10.8. The number of nitrogens with one attached hydrogen (secondary N) is 1. The van der Waals surface area contributed by atoms with E-state index in [4.69, 9.17) is 0 Å². The molecule has 0 aliphatic carbocycles. The average molecular weight is 276 g/mol. The molecule has 0 saturated heterocycles. The van der Waals surface area contributed by atoms with E-state index in [1.165, 1.54) is 12.3 Å². The van der Waals surface area contributed by atoms with Crippen molar-refractivity contribution in [3.05, 3.63) is 44.6 Å². The lowest BCUT2D eigenvalue weighted by atomic mass is 10.1. The van der Waals surface area contributed by atoms with Crippen LogP contribution >= 0.6 is 0 Å². The number of hydrogen-bond donors (Lipinski definition) is 1. The van der Waals surface area contributed by atoms with Crippen LogP contribution in [-0.2, 0) is 0 Å². The second-order valence-electron chi connectivity index (χ2n) is 4.50. The highest BCUT2D eigenvalue weighted by atomic mass is 16.6. The van der Waals surface area contributed by atoms with E-state index in [2.05, 4.69) is 10.3 Å². The maximum Gasteiger partial charge on any atom is 0.301 e. The van der Waals surface area contributed by atoms with Crippen molar-refractivity contribution in [2.45, 2.75) is 19.9 Å². The molecule has 0 unspecified atom stereocenters. The fourth-order valence-corrected chi connectivity index (χ4v) is 1.94. The van der Waals surface area contributed by atoms with Gasteiger partial charge >= 0.3 is 5.69 Å². The number of fused-ring (bicyclic) bond motifs is 1. The van der Waals surface area contributed by atoms with Gasteiger partial charge in [-0.1, -0.05) is 0 Å². The molecule has 1 aromatic heterocycles. The number of anilines is 1. The van der Waals surface area contributed by atoms with Crippen molar-refractivity contribution in [3.8, 4) is 0 Å². The van der Waals surface area contributed by atoms with Crippen LogP contribution in [0.1, 0.15) is 13.8 Å². The Kier molecular flexibility index (Phi) is 3.47. The fourth-order valence-electron chi connectivity index (χ4n) is 1.94. The highest BCUT2D eigenvalue weighted by Gasteiger charge is 2.26. The third-order valence-electron chi connectivity index (χ3n) is 2.68. The van der Waals surface area contributed by atoms with Crippen molar-refractivity contribution < 1.29 is 9.85 Å². The molecule has 8 heteroatoms. The Morgan fingerprint density at radius 3 is 2.40 bits per heavy atom. The van der Waals surface area contributed by atoms with Crippen LogP contribution in [0.5, 0.6) is 0 Å². The van der Waals surface area contributed by atoms with E-state index in [0.29, 0.717) is 0 Å². The van der Waals surface area contributed by atoms with Gasteiger partial charge in [-0.05, 0) is 26.0 Å². The minimum absolute atomic E-state index is 0.0691. The van der Waals surface area contributed by atoms with Gasteiger partial charge in [0.05, 0.1) is 21.3 Å². The quantitative estimate of drug-likeness (QED) is 0.678. The molecule has 2 aromatic rings. The van der Waals surface area contributed by atoms with Gasteiger partial charge < -0.3 is 5.32 Å². The summed E-state index contributed by atoms with van der Waals surface area (Å²) in [7, 11) is 0. The van der Waals surface area contributed by atoms with Gasteiger partial charge in [0.2, 0.25) is 0 Å². The minimum Gasteiger partial charge on any atom is -0.376 e. The lowest BCUT2D eigenvalue weighted by Gasteiger charge is -2.12. The molecule has 0 fully saturated rings. The van der Waals surface area contributed by atoms with Crippen LogP contribution in [0.3, 0.4) is 0 Å². The van der Waals surface area contributed by atoms with Gasteiger partial charge in [0.1, 0.15) is 11.2 Å². The molecule has 1 N–H and O–H groups in total. The standard InChI is InChI=1S/C12H12N4O4/c1-7(2)14-12-10(16(19)20)6-9(15(17)18)8-4-3-5-13-11(8)12/h3-7,14H,1-2H3. The summed E-state index contributed by atoms with van der Waals surface area (Å²) in [6.45, 7) is 3.64. The Balaban J connectivity index is 2.87. The molecule has 0 bridgehead atoms. The van der Waals surface area contributed by atoms with Gasteiger partial charge in [0, 0.05) is 12.2 Å². The summed E-state index contributed by atoms with van der Waals surface area (Å²) >= 11 is 0. The second-order valence-corrected chi connectivity index (χ2v) is 4.50. The third kappa shape index (κ3) is 2.35. The van der Waals surface area contributed by atoms with Crippen LogP contribution in [0.25, 0.3) is 10.9 Å². The molecule has 0 aliphatic rings. The van der Waals surface area contributed by atoms with Gasteiger partial charge in [-0.3, -0.25) is 25.2 Å². The Morgan fingerprint density at radius 1 is 1.20 bits per heavy atom. The van der Waals surface area contributed by atoms with Gasteiger partial charge in [0.25, 0.3) is 5.69 Å². The van der Waals surface area contributed by atoms with Crippen molar-refractivity contribution in [1.82, 2.24) is 4.98 Å². The molecule has 0 amide bonds. The minimum atomic E-state index is -0.647. The predicted molar refractivity (Wildman–Crippen MR) is 73.8 cm³/mol. The number of rotatable bonds is 4. The highest BCUT2D eigenvalue weighted by molar-refractivity contribution is 6.01. The number of nitrogens with zero attached hydrogens (tertiary/aromatic N) is 3. The van der Waals surface area contributed by atoms with Crippen molar-refractivity contribution in [2.75, 3.05) is 5.32 Å². The molecule has 0 aliphatic heterocycles. The SMILES string of the molecule is CC(C)Nc1c([N+](=O)[O-])cc([N+](=O)[O-])c2cccnc12. The van der Waals surface area contributed by atoms with Crippen LogP contribution in [0, 0.1) is 20.2 Å². The summed E-state index contributed by atoms with van der Waals surface area (Å²) < 4.78 is 0. The number of non-ortho nitro benzene ring substituents is 1. The van der Waals surface area contributed by atoms with Crippen molar-refractivity contribution in [1.29, 1.82) is 0 Å². The Hall–Kier alpha value is -2.77. The van der Waals surface area contributed by atoms with Gasteiger partial charge in [-0.15, -0.1) is 0 Å². The molecule has 2 rings (SSSR count). The summed E-state index contributed by atoms with van der Waals surface area (Å²) in [5, 5.41) is 25.4. The summed E-state index contributed by atoms with van der Waals surface area (Å²) in [6.07, 6.45) is 1.45. The third-order valence-corrected chi connectivity index (χ3v) is 2.68. The zero-order valence-electron chi connectivity index (χ0n) is 10.9. The Morgan fingerprint density at radius 2 is 1.85 bits per heavy atom. The van der Waals surface area contributed by atoms with E-state index >= 15 is 0 Å². The molecule has 8 nitrogen and oxygen atoms in total. The first kappa shape index (κ1) is 13.7. The van der Waals surface area contributed by atoms with Crippen LogP contribution in [-0.4, -0.2) is 20.9 Å². The monoisotopic (exact) mass is 276 g/mol. The maximum absolute atomic E-state index is 11.1. The average Bonchev–Trinajstić information content (AvgIpc) is 2.37. The lowest BCUT2D eigenvalue weighted by Crippen LogP contribution is -2.12. The van der Waals surface area contributed by atoms with Gasteiger partial charge in [0.15, 0.2) is 0 Å². The van der Waals surface area contributed by atoms with E-state index in [0.717, 1.165) is 6.07 Å². The lowest BCUT2D eigenvalue weighted by molar-refractivity contribution is -0.392. The highest BCUT2D eigenvalue weighted by Crippen LogP contribution is 2.38. The van der Waals surface area contributed by atoms with Crippen LogP contribution in [0.2, 0.25) is 0 Å². The van der Waals surface area contributed by atoms with E-state index in [1.807, 2.05) is 13.8 Å². The number of nitro groups is 2. The largest absolute Gasteiger partial charge is 0.376 e. The number of hydrogen-bond acceptors (Lipinski definition) is 6. The zero-order chi connectivity index (χ0) is 14.9. The molecule has 104 valence electrons. The first-order chi connectivity index (χ1) is 9.41. The topological polar surface area (TPSA) is 111 Å². The molecular formula is C12H12N4O4. The van der Waals surface area contributed by atoms with E-state index in [1.54, 1.807) is 6.07 Å². The van der Waals surface area contributed by atoms with Gasteiger partial charge in [-0.2, -0.15) is 0 Å². The van der Waals surface area contributed by atoms with Crippen LogP contribution in [0.4, 0.5) is 17.1 Å². The van der Waals surface area contributed by atoms with E-state index < -0.39 is 9.85 Å². The first-order valence-electron chi connectivity index (χ1n) is 5.89. The second kappa shape index (κ2) is 5.08. The molecule has 0 spiro atoms. The summed E-state index contributed by atoms with van der Waals surface area (Å²) in [6, 6.07) is 3.98. The number of aromatic nitrogens is 1. The molecule has 0 radical (unpaired) electrons. The maximum atomic E-state index is 11.1. The predicted octanol–water partition coefficient (Wildman–Crippen LogP) is 2.87. The Labute approximate surface area is 113 Å². The molecule has 0 atom stereocenters. The van der Waals surface area contributed by atoms with Crippen molar-refractivity contribution in [3.63, 3.8) is 0 Å². The summed E-state index contributed by atoms with van der Waals surface area (Å²) in [5.41, 5.74) is -0.251. The van der Waals surface area contributed by atoms with Crippen molar-refractivity contribution >= 4 is 28.0 Å². The fraction of sp³-hybridized carbons (Fsp3) is 0.250. The molecular weight excluding hydrogens is 264 g/mol. The summed E-state index contributed by atoms with van der Waals surface area (Å²) in [5.74, 6) is 0. The van der Waals surface area contributed by atoms with E-state index in [-0.39, 0.29) is 34.0 Å². The molecule has 1 aromatic carbocycles. The zero-order valence-corrected chi connectivity index (χ0v) is 10.9. The smallest absolute Gasteiger partial charge is 0.301 e. The van der Waals surface area contributed by atoms with Crippen LogP contribution < -0.4 is 5.32 Å². The molecule has 0 saturated carbocycles. The van der Waals surface area contributed by atoms with Gasteiger partial charge in [-0.25, -0.2) is 0 Å². The molecule has 1 heterocycles. The van der Waals surface area contributed by atoms with Crippen LogP contribution in [0.15, 0.2) is 24.4 Å². The molecule has 20 heavy (non-hydrogen) atoms. The number of pyridine rings is 1. The number of benzene rings is 1.